The Labute approximate surface area is 252 Å². The van der Waals surface area contributed by atoms with E-state index in [1.807, 2.05) is 69.3 Å². The van der Waals surface area contributed by atoms with Crippen molar-refractivity contribution in [2.75, 3.05) is 0 Å². The van der Waals surface area contributed by atoms with E-state index in [4.69, 9.17) is 10.5 Å². The van der Waals surface area contributed by atoms with Gasteiger partial charge in [-0.2, -0.15) is 0 Å². The summed E-state index contributed by atoms with van der Waals surface area (Å²) < 4.78 is 5.40. The molecule has 2 aromatic carbocycles. The molecule has 0 unspecified atom stereocenters. The minimum Gasteiger partial charge on any atom is -0.445 e. The van der Waals surface area contributed by atoms with Crippen LogP contribution >= 0.6 is 0 Å². The number of hydrogen-bond acceptors (Lipinski definition) is 5. The minimum absolute atomic E-state index is 0.0558. The molecule has 4 atom stereocenters. The lowest BCUT2D eigenvalue weighted by Gasteiger charge is -2.39. The van der Waals surface area contributed by atoms with Gasteiger partial charge in [-0.25, -0.2) is 4.79 Å². The maximum atomic E-state index is 14.1. The number of aromatic nitrogens is 1. The first-order valence-corrected chi connectivity index (χ1v) is 14.9. The third-order valence-corrected chi connectivity index (χ3v) is 8.54. The molecule has 0 spiro atoms. The number of benzene rings is 2. The van der Waals surface area contributed by atoms with Crippen LogP contribution in [0.3, 0.4) is 0 Å². The Kier molecular flexibility index (Phi) is 9.78. The van der Waals surface area contributed by atoms with E-state index >= 15 is 0 Å². The fourth-order valence-electron chi connectivity index (χ4n) is 5.81. The lowest BCUT2D eigenvalue weighted by Crippen LogP contribution is -2.67. The van der Waals surface area contributed by atoms with Crippen LogP contribution in [0.5, 0.6) is 0 Å². The van der Waals surface area contributed by atoms with Crippen molar-refractivity contribution in [2.24, 2.45) is 17.6 Å². The number of carbonyl (C=O) groups is 4. The van der Waals surface area contributed by atoms with E-state index < -0.39 is 41.4 Å². The van der Waals surface area contributed by atoms with Gasteiger partial charge in [-0.05, 0) is 54.4 Å². The van der Waals surface area contributed by atoms with Crippen molar-refractivity contribution >= 4 is 34.7 Å². The highest BCUT2D eigenvalue weighted by Crippen LogP contribution is 2.36. The molecule has 0 radical (unpaired) electrons. The van der Waals surface area contributed by atoms with Gasteiger partial charge >= 0.3 is 6.09 Å². The molecular formula is C33H43N5O5. The molecule has 0 bridgehead atoms. The molecule has 4 rings (SSSR count). The lowest BCUT2D eigenvalue weighted by molar-refractivity contribution is -0.137. The maximum absolute atomic E-state index is 14.1. The van der Waals surface area contributed by atoms with Gasteiger partial charge < -0.3 is 31.4 Å². The molecular weight excluding hydrogens is 546 g/mol. The maximum Gasteiger partial charge on any atom is 0.408 e. The van der Waals surface area contributed by atoms with Gasteiger partial charge in [0.1, 0.15) is 24.2 Å². The summed E-state index contributed by atoms with van der Waals surface area (Å²) in [5.74, 6) is -2.14. The number of aryl methyl sites for hydroxylation is 2. The monoisotopic (exact) mass is 589 g/mol. The van der Waals surface area contributed by atoms with E-state index in [0.29, 0.717) is 19.3 Å². The van der Waals surface area contributed by atoms with Gasteiger partial charge in [0.2, 0.25) is 17.7 Å². The van der Waals surface area contributed by atoms with Crippen LogP contribution in [0, 0.1) is 18.8 Å². The Bertz CT molecular complexity index is 1480. The highest BCUT2D eigenvalue weighted by Gasteiger charge is 2.46. The summed E-state index contributed by atoms with van der Waals surface area (Å²) in [6, 6.07) is 13.4. The normalized spacial score (nSPS) is 18.3. The standard InChI is InChI=1S/C33H43N5O5/c1-6-20(4)28(37-32(42)43-18-22-12-8-7-9-13-22)30(40)38-33(31(41)36-27(19(2)3)29(34)39)16-15-24-23(17-33)26-21(5)11-10-14-25(26)35-24/h7-14,19-20,27-28,35H,6,15-18H2,1-5H3,(H2,34,39)(H,36,41)(H,37,42)(H,38,40)/t20-,27-,28-,33+/m0/s1. The molecule has 10 nitrogen and oxygen atoms in total. The van der Waals surface area contributed by atoms with E-state index in [1.54, 1.807) is 13.8 Å². The Morgan fingerprint density at radius 2 is 1.72 bits per heavy atom. The van der Waals surface area contributed by atoms with Crippen LogP contribution in [0.2, 0.25) is 0 Å². The number of amides is 4. The van der Waals surface area contributed by atoms with Crippen molar-refractivity contribution in [1.82, 2.24) is 20.9 Å². The van der Waals surface area contributed by atoms with E-state index in [0.717, 1.165) is 33.3 Å². The molecule has 6 N–H and O–H groups in total. The molecule has 4 amide bonds. The molecule has 230 valence electrons. The molecule has 3 aromatic rings. The number of fused-ring (bicyclic) bond motifs is 3. The van der Waals surface area contributed by atoms with Crippen LogP contribution in [0.25, 0.3) is 10.9 Å². The molecule has 1 heterocycles. The first kappa shape index (κ1) is 31.6. The van der Waals surface area contributed by atoms with Crippen molar-refractivity contribution < 1.29 is 23.9 Å². The molecule has 1 aromatic heterocycles. The predicted molar refractivity (Wildman–Crippen MR) is 165 cm³/mol. The van der Waals surface area contributed by atoms with Gasteiger partial charge in [-0.15, -0.1) is 0 Å². The summed E-state index contributed by atoms with van der Waals surface area (Å²) in [4.78, 5) is 56.7. The molecule has 1 aliphatic carbocycles. The zero-order valence-corrected chi connectivity index (χ0v) is 25.6. The van der Waals surface area contributed by atoms with E-state index in [9.17, 15) is 19.2 Å². The topological polar surface area (TPSA) is 155 Å². The number of H-pyrrole nitrogens is 1. The van der Waals surface area contributed by atoms with Gasteiger partial charge in [0.15, 0.2) is 0 Å². The van der Waals surface area contributed by atoms with E-state index in [2.05, 4.69) is 20.9 Å². The second-order valence-electron chi connectivity index (χ2n) is 12.0. The number of rotatable bonds is 11. The van der Waals surface area contributed by atoms with E-state index in [1.165, 1.54) is 0 Å². The molecule has 43 heavy (non-hydrogen) atoms. The fourth-order valence-corrected chi connectivity index (χ4v) is 5.81. The Balaban J connectivity index is 1.64. The number of nitrogens with two attached hydrogens (primary N) is 1. The second kappa shape index (κ2) is 13.3. The van der Waals surface area contributed by atoms with Crippen LogP contribution in [0.1, 0.15) is 62.9 Å². The van der Waals surface area contributed by atoms with Crippen LogP contribution in [-0.2, 0) is 38.6 Å². The van der Waals surface area contributed by atoms with Crippen molar-refractivity contribution in [1.29, 1.82) is 0 Å². The second-order valence-corrected chi connectivity index (χ2v) is 12.0. The van der Waals surface area contributed by atoms with Crippen LogP contribution in [0.4, 0.5) is 4.79 Å². The van der Waals surface area contributed by atoms with Crippen molar-refractivity contribution in [3.05, 3.63) is 70.9 Å². The van der Waals surface area contributed by atoms with Crippen LogP contribution in [0.15, 0.2) is 48.5 Å². The largest absolute Gasteiger partial charge is 0.445 e. The number of carbonyl (C=O) groups excluding carboxylic acids is 4. The number of aromatic amines is 1. The summed E-state index contributed by atoms with van der Waals surface area (Å²) in [5, 5.41) is 9.61. The number of alkyl carbamates (subject to hydrolysis) is 1. The van der Waals surface area contributed by atoms with Crippen LogP contribution < -0.4 is 21.7 Å². The third kappa shape index (κ3) is 7.01. The Morgan fingerprint density at radius 3 is 2.37 bits per heavy atom. The summed E-state index contributed by atoms with van der Waals surface area (Å²) in [6.45, 7) is 9.45. The summed E-state index contributed by atoms with van der Waals surface area (Å²) in [6.07, 6.45) is 0.868. The van der Waals surface area contributed by atoms with Crippen molar-refractivity contribution in [3.63, 3.8) is 0 Å². The molecule has 1 aliphatic rings. The molecule has 0 saturated carbocycles. The van der Waals surface area contributed by atoms with Crippen molar-refractivity contribution in [3.8, 4) is 0 Å². The SMILES string of the molecule is CC[C@H](C)[C@H](NC(=O)OCc1ccccc1)C(=O)N[C@]1(C(=O)N[C@H](C(N)=O)C(C)C)CCc2[nH]c3cccc(C)c3c2C1. The first-order chi connectivity index (χ1) is 20.5. The van der Waals surface area contributed by atoms with Crippen molar-refractivity contribution in [2.45, 2.75) is 84.5 Å². The smallest absolute Gasteiger partial charge is 0.408 e. The summed E-state index contributed by atoms with van der Waals surface area (Å²) in [5.41, 5.74) is 9.05. The lowest BCUT2D eigenvalue weighted by atomic mass is 9.77. The number of hydrogen-bond donors (Lipinski definition) is 5. The fraction of sp³-hybridized carbons (Fsp3) is 0.455. The molecule has 0 aliphatic heterocycles. The Morgan fingerprint density at radius 1 is 1.00 bits per heavy atom. The number of primary amides is 1. The van der Waals surface area contributed by atoms with Gasteiger partial charge in [0.25, 0.3) is 0 Å². The van der Waals surface area contributed by atoms with Gasteiger partial charge in [0.05, 0.1) is 0 Å². The molecule has 0 saturated heterocycles. The molecule has 0 fully saturated rings. The quantitative estimate of drug-likeness (QED) is 0.230. The number of ether oxygens (including phenoxy) is 1. The summed E-state index contributed by atoms with van der Waals surface area (Å²) >= 11 is 0. The molecule has 10 heteroatoms. The zero-order chi connectivity index (χ0) is 31.3. The van der Waals surface area contributed by atoms with Gasteiger partial charge in [-0.3, -0.25) is 14.4 Å². The average molecular weight is 590 g/mol. The number of nitrogens with one attached hydrogen (secondary N) is 4. The minimum atomic E-state index is -1.38. The first-order valence-electron chi connectivity index (χ1n) is 14.9. The Hall–Kier alpha value is -4.34. The van der Waals surface area contributed by atoms with Gasteiger partial charge in [-0.1, -0.05) is 76.6 Å². The zero-order valence-electron chi connectivity index (χ0n) is 25.6. The average Bonchev–Trinajstić information content (AvgIpc) is 3.35. The van der Waals surface area contributed by atoms with Crippen LogP contribution in [-0.4, -0.2) is 46.4 Å². The highest BCUT2D eigenvalue weighted by molar-refractivity contribution is 5.98. The van der Waals surface area contributed by atoms with Gasteiger partial charge in [0, 0.05) is 23.0 Å². The predicted octanol–water partition coefficient (Wildman–Crippen LogP) is 3.79. The highest BCUT2D eigenvalue weighted by atomic mass is 16.5. The summed E-state index contributed by atoms with van der Waals surface area (Å²) in [7, 11) is 0. The van der Waals surface area contributed by atoms with E-state index in [-0.39, 0.29) is 24.9 Å². The third-order valence-electron chi connectivity index (χ3n) is 8.54.